The van der Waals surface area contributed by atoms with Gasteiger partial charge in [-0.1, -0.05) is 0 Å². The van der Waals surface area contributed by atoms with Gasteiger partial charge < -0.3 is 14.0 Å². The first-order valence-electron chi connectivity index (χ1n) is 8.01. The number of H-pyrrole nitrogens is 1. The molecule has 1 atom stereocenters. The standard InChI is InChI=1S/C16H20N4O4/c1-19-8-6-17-16(19)15(23)11-3-2-7-20(10-11)14(22)5-4-12-9-13(21)18-24-12/h6,8-9,11H,2-5,7,10H2,1H3,(H,18,21)/t11-/m0/s1. The number of aryl methyl sites for hydroxylation is 2. The van der Waals surface area contributed by atoms with Gasteiger partial charge >= 0.3 is 0 Å². The maximum Gasteiger partial charge on any atom is 0.280 e. The summed E-state index contributed by atoms with van der Waals surface area (Å²) in [6, 6.07) is 1.34. The summed E-state index contributed by atoms with van der Waals surface area (Å²) in [7, 11) is 1.79. The van der Waals surface area contributed by atoms with Crippen molar-refractivity contribution in [1.82, 2.24) is 19.6 Å². The molecule has 2 aromatic heterocycles. The highest BCUT2D eigenvalue weighted by atomic mass is 16.5. The highest BCUT2D eigenvalue weighted by Crippen LogP contribution is 2.21. The van der Waals surface area contributed by atoms with Gasteiger partial charge in [-0.05, 0) is 12.8 Å². The van der Waals surface area contributed by atoms with Crippen molar-refractivity contribution in [3.8, 4) is 0 Å². The van der Waals surface area contributed by atoms with Crippen LogP contribution in [0.4, 0.5) is 0 Å². The van der Waals surface area contributed by atoms with E-state index in [9.17, 15) is 14.4 Å². The van der Waals surface area contributed by atoms with Crippen LogP contribution in [0.25, 0.3) is 0 Å². The first-order chi connectivity index (χ1) is 11.5. The molecule has 1 amide bonds. The second-order valence-corrected chi connectivity index (χ2v) is 6.08. The van der Waals surface area contributed by atoms with Gasteiger partial charge in [0.2, 0.25) is 11.7 Å². The number of carbonyl (C=O) groups is 2. The third-order valence-corrected chi connectivity index (χ3v) is 4.35. The lowest BCUT2D eigenvalue weighted by Crippen LogP contribution is -2.42. The Morgan fingerprint density at radius 3 is 2.96 bits per heavy atom. The van der Waals surface area contributed by atoms with Gasteiger partial charge in [-0.25, -0.2) is 4.98 Å². The number of nitrogens with zero attached hydrogens (tertiary/aromatic N) is 3. The number of ketones is 1. The lowest BCUT2D eigenvalue weighted by molar-refractivity contribution is -0.132. The number of rotatable bonds is 5. The zero-order valence-electron chi connectivity index (χ0n) is 13.5. The summed E-state index contributed by atoms with van der Waals surface area (Å²) < 4.78 is 6.66. The number of imidazole rings is 1. The summed E-state index contributed by atoms with van der Waals surface area (Å²) in [5.74, 6) is 0.635. The molecule has 0 radical (unpaired) electrons. The van der Waals surface area contributed by atoms with E-state index >= 15 is 0 Å². The van der Waals surface area contributed by atoms with Crippen molar-refractivity contribution >= 4 is 11.7 Å². The Morgan fingerprint density at radius 1 is 1.46 bits per heavy atom. The first-order valence-corrected chi connectivity index (χ1v) is 8.01. The second kappa shape index (κ2) is 6.86. The van der Waals surface area contributed by atoms with Crippen LogP contribution >= 0.6 is 0 Å². The van der Waals surface area contributed by atoms with Crippen LogP contribution in [0.5, 0.6) is 0 Å². The van der Waals surface area contributed by atoms with Crippen molar-refractivity contribution < 1.29 is 14.1 Å². The molecular formula is C16H20N4O4. The molecule has 0 bridgehead atoms. The number of hydrogen-bond donors (Lipinski definition) is 1. The van der Waals surface area contributed by atoms with Crippen molar-refractivity contribution in [3.05, 3.63) is 40.4 Å². The molecule has 1 aliphatic heterocycles. The van der Waals surface area contributed by atoms with Crippen LogP contribution in [0.2, 0.25) is 0 Å². The Labute approximate surface area is 138 Å². The van der Waals surface area contributed by atoms with Gasteiger partial charge in [0, 0.05) is 57.4 Å². The summed E-state index contributed by atoms with van der Waals surface area (Å²) in [6.07, 6.45) is 5.53. The molecule has 24 heavy (non-hydrogen) atoms. The van der Waals surface area contributed by atoms with Gasteiger partial charge in [0.15, 0.2) is 5.82 Å². The quantitative estimate of drug-likeness (QED) is 0.814. The van der Waals surface area contributed by atoms with Crippen molar-refractivity contribution in [2.75, 3.05) is 13.1 Å². The maximum atomic E-state index is 12.6. The molecule has 0 unspecified atom stereocenters. The predicted octanol–water partition coefficient (Wildman–Crippen LogP) is 0.755. The second-order valence-electron chi connectivity index (χ2n) is 6.08. The van der Waals surface area contributed by atoms with Gasteiger partial charge in [0.1, 0.15) is 5.76 Å². The van der Waals surface area contributed by atoms with E-state index in [1.54, 1.807) is 28.9 Å². The van der Waals surface area contributed by atoms with E-state index in [4.69, 9.17) is 4.52 Å². The van der Waals surface area contributed by atoms with Gasteiger partial charge in [0.25, 0.3) is 5.56 Å². The van der Waals surface area contributed by atoms with Crippen LogP contribution in [0.1, 0.15) is 35.6 Å². The van der Waals surface area contributed by atoms with E-state index in [1.807, 2.05) is 0 Å². The zero-order chi connectivity index (χ0) is 17.1. The molecule has 0 spiro atoms. The van der Waals surface area contributed by atoms with E-state index in [1.165, 1.54) is 6.07 Å². The summed E-state index contributed by atoms with van der Waals surface area (Å²) in [5, 5.41) is 2.21. The average Bonchev–Trinajstić information content (AvgIpc) is 3.20. The zero-order valence-corrected chi connectivity index (χ0v) is 13.5. The van der Waals surface area contributed by atoms with E-state index in [2.05, 4.69) is 10.1 Å². The smallest absolute Gasteiger partial charge is 0.280 e. The number of hydrogen-bond acceptors (Lipinski definition) is 5. The molecule has 1 saturated heterocycles. The topological polar surface area (TPSA) is 101 Å². The Hall–Kier alpha value is -2.64. The number of carbonyl (C=O) groups excluding carboxylic acids is 2. The van der Waals surface area contributed by atoms with E-state index in [0.717, 1.165) is 12.8 Å². The fourth-order valence-corrected chi connectivity index (χ4v) is 3.04. The minimum Gasteiger partial charge on any atom is -0.384 e. The summed E-state index contributed by atoms with van der Waals surface area (Å²) in [6.45, 7) is 1.07. The molecule has 1 aliphatic rings. The molecule has 1 N–H and O–H groups in total. The predicted molar refractivity (Wildman–Crippen MR) is 84.5 cm³/mol. The molecule has 0 aliphatic carbocycles. The molecule has 128 valence electrons. The third kappa shape index (κ3) is 3.47. The van der Waals surface area contributed by atoms with Gasteiger partial charge in [-0.15, -0.1) is 0 Å². The monoisotopic (exact) mass is 332 g/mol. The molecule has 8 heteroatoms. The van der Waals surface area contributed by atoms with Gasteiger partial charge in [0.05, 0.1) is 0 Å². The number of amides is 1. The van der Waals surface area contributed by atoms with Crippen LogP contribution in [0, 0.1) is 5.92 Å². The molecule has 1 fully saturated rings. The van der Waals surface area contributed by atoms with E-state index < -0.39 is 0 Å². The van der Waals surface area contributed by atoms with Crippen LogP contribution in [0.15, 0.2) is 27.8 Å². The number of aromatic amines is 1. The molecule has 0 aromatic carbocycles. The van der Waals surface area contributed by atoms with Gasteiger partial charge in [-0.3, -0.25) is 14.4 Å². The number of nitrogens with one attached hydrogen (secondary N) is 1. The molecular weight excluding hydrogens is 312 g/mol. The number of aromatic nitrogens is 3. The molecule has 0 saturated carbocycles. The molecule has 2 aromatic rings. The van der Waals surface area contributed by atoms with Crippen molar-refractivity contribution in [1.29, 1.82) is 0 Å². The number of Topliss-reactive ketones (excluding diaryl/α,β-unsaturated/α-hetero) is 1. The van der Waals surface area contributed by atoms with E-state index in [0.29, 0.717) is 31.1 Å². The third-order valence-electron chi connectivity index (χ3n) is 4.35. The Kier molecular flexibility index (Phi) is 4.64. The fraction of sp³-hybridized carbons (Fsp3) is 0.500. The largest absolute Gasteiger partial charge is 0.384 e. The highest BCUT2D eigenvalue weighted by Gasteiger charge is 2.30. The average molecular weight is 332 g/mol. The minimum absolute atomic E-state index is 0.0170. The number of likely N-dealkylation sites (tertiary alicyclic amines) is 1. The van der Waals surface area contributed by atoms with Crippen molar-refractivity contribution in [2.45, 2.75) is 25.7 Å². The maximum absolute atomic E-state index is 12.6. The normalized spacial score (nSPS) is 17.9. The first kappa shape index (κ1) is 16.2. The lowest BCUT2D eigenvalue weighted by Gasteiger charge is -2.31. The Morgan fingerprint density at radius 2 is 2.29 bits per heavy atom. The SMILES string of the molecule is Cn1ccnc1C(=O)[C@H]1CCCN(C(=O)CCc2cc(=O)[nH]o2)C1. The van der Waals surface area contributed by atoms with Crippen LogP contribution in [0.3, 0.4) is 0 Å². The van der Waals surface area contributed by atoms with E-state index in [-0.39, 0.29) is 29.6 Å². The van der Waals surface area contributed by atoms with Crippen LogP contribution in [-0.2, 0) is 18.3 Å². The van der Waals surface area contributed by atoms with Crippen LogP contribution in [-0.4, -0.2) is 44.4 Å². The number of piperidine rings is 1. The van der Waals surface area contributed by atoms with Crippen molar-refractivity contribution in [3.63, 3.8) is 0 Å². The summed E-state index contributed by atoms with van der Waals surface area (Å²) in [5.41, 5.74) is -0.309. The Bertz CT molecular complexity index is 788. The highest BCUT2D eigenvalue weighted by molar-refractivity contribution is 5.95. The Balaban J connectivity index is 1.58. The molecule has 8 nitrogen and oxygen atoms in total. The molecule has 3 heterocycles. The lowest BCUT2D eigenvalue weighted by atomic mass is 9.93. The fourth-order valence-electron chi connectivity index (χ4n) is 3.04. The van der Waals surface area contributed by atoms with Crippen LogP contribution < -0.4 is 5.56 Å². The summed E-state index contributed by atoms with van der Waals surface area (Å²) in [4.78, 5) is 41.8. The van der Waals surface area contributed by atoms with Gasteiger partial charge in [-0.2, -0.15) is 5.16 Å². The van der Waals surface area contributed by atoms with Crippen molar-refractivity contribution in [2.24, 2.45) is 13.0 Å². The molecule has 3 rings (SSSR count). The minimum atomic E-state index is -0.309. The summed E-state index contributed by atoms with van der Waals surface area (Å²) >= 11 is 0.